The Bertz CT molecular complexity index is 1080. The van der Waals surface area contributed by atoms with Crippen LogP contribution in [0.3, 0.4) is 0 Å². The van der Waals surface area contributed by atoms with Gasteiger partial charge in [-0.05, 0) is 42.0 Å². The second kappa shape index (κ2) is 8.71. The SMILES string of the molecule is COc1cc(Cn2cnc(N3CCN(c4ccc(F)cc4)CC3)nc2=O)ccc1Cl. The molecule has 156 valence electrons. The number of halogens is 2. The summed E-state index contributed by atoms with van der Waals surface area (Å²) in [6.07, 6.45) is 1.51. The smallest absolute Gasteiger partial charge is 0.352 e. The molecule has 1 aromatic heterocycles. The van der Waals surface area contributed by atoms with Gasteiger partial charge in [0.05, 0.1) is 18.7 Å². The largest absolute Gasteiger partial charge is 0.495 e. The summed E-state index contributed by atoms with van der Waals surface area (Å²) in [5.41, 5.74) is 1.48. The summed E-state index contributed by atoms with van der Waals surface area (Å²) in [7, 11) is 1.55. The van der Waals surface area contributed by atoms with Crippen molar-refractivity contribution in [3.63, 3.8) is 0 Å². The maximum atomic E-state index is 13.1. The lowest BCUT2D eigenvalue weighted by atomic mass is 10.2. The van der Waals surface area contributed by atoms with Crippen LogP contribution in [0.25, 0.3) is 0 Å². The Morgan fingerprint density at radius 2 is 1.77 bits per heavy atom. The maximum Gasteiger partial charge on any atom is 0.352 e. The quantitative estimate of drug-likeness (QED) is 0.621. The van der Waals surface area contributed by atoms with E-state index in [1.165, 1.54) is 23.0 Å². The van der Waals surface area contributed by atoms with E-state index in [-0.39, 0.29) is 11.5 Å². The van der Waals surface area contributed by atoms with Crippen molar-refractivity contribution in [1.29, 1.82) is 0 Å². The molecule has 3 aromatic rings. The van der Waals surface area contributed by atoms with Crippen molar-refractivity contribution in [2.75, 3.05) is 43.1 Å². The first kappa shape index (κ1) is 20.2. The van der Waals surface area contributed by atoms with Gasteiger partial charge in [0, 0.05) is 31.9 Å². The van der Waals surface area contributed by atoms with Crippen LogP contribution >= 0.6 is 11.6 Å². The van der Waals surface area contributed by atoms with E-state index >= 15 is 0 Å². The summed E-state index contributed by atoms with van der Waals surface area (Å²) in [6, 6.07) is 11.8. The van der Waals surface area contributed by atoms with E-state index < -0.39 is 0 Å². The Morgan fingerprint density at radius 3 is 2.43 bits per heavy atom. The van der Waals surface area contributed by atoms with E-state index in [2.05, 4.69) is 14.9 Å². The molecule has 30 heavy (non-hydrogen) atoms. The molecule has 2 heterocycles. The number of benzene rings is 2. The molecule has 2 aromatic carbocycles. The van der Waals surface area contributed by atoms with Crippen molar-refractivity contribution in [2.45, 2.75) is 6.54 Å². The normalized spacial score (nSPS) is 14.1. The molecule has 0 unspecified atom stereocenters. The first-order valence-corrected chi connectivity index (χ1v) is 9.92. The third kappa shape index (κ3) is 4.38. The average Bonchev–Trinajstić information content (AvgIpc) is 2.77. The molecule has 0 atom stereocenters. The maximum absolute atomic E-state index is 13.1. The van der Waals surface area contributed by atoms with Gasteiger partial charge in [0.1, 0.15) is 17.9 Å². The van der Waals surface area contributed by atoms with Gasteiger partial charge in [-0.3, -0.25) is 4.57 Å². The van der Waals surface area contributed by atoms with Crippen LogP contribution in [0, 0.1) is 5.82 Å². The van der Waals surface area contributed by atoms with Crippen LogP contribution in [0.1, 0.15) is 5.56 Å². The standard InChI is InChI=1S/C21H21ClFN5O2/c1-30-19-12-15(2-7-18(19)22)13-28-14-24-20(25-21(28)29)27-10-8-26(9-11-27)17-5-3-16(23)4-6-17/h2-7,12,14H,8-11,13H2,1H3. The van der Waals surface area contributed by atoms with Crippen molar-refractivity contribution in [2.24, 2.45) is 0 Å². The van der Waals surface area contributed by atoms with E-state index in [0.29, 0.717) is 36.4 Å². The number of anilines is 2. The van der Waals surface area contributed by atoms with Gasteiger partial charge in [-0.25, -0.2) is 14.2 Å². The molecule has 1 saturated heterocycles. The molecule has 1 fully saturated rings. The molecular weight excluding hydrogens is 409 g/mol. The van der Waals surface area contributed by atoms with E-state index in [1.807, 2.05) is 11.0 Å². The molecule has 0 saturated carbocycles. The third-order valence-electron chi connectivity index (χ3n) is 5.08. The minimum atomic E-state index is -0.366. The van der Waals surface area contributed by atoms with E-state index in [1.54, 1.807) is 31.4 Å². The minimum Gasteiger partial charge on any atom is -0.495 e. The number of nitrogens with zero attached hydrogens (tertiary/aromatic N) is 5. The Morgan fingerprint density at radius 1 is 1.07 bits per heavy atom. The van der Waals surface area contributed by atoms with E-state index in [4.69, 9.17) is 16.3 Å². The highest BCUT2D eigenvalue weighted by Gasteiger charge is 2.20. The summed E-state index contributed by atoms with van der Waals surface area (Å²) in [6.45, 7) is 3.15. The second-order valence-electron chi connectivity index (χ2n) is 6.99. The fourth-order valence-corrected chi connectivity index (χ4v) is 3.62. The minimum absolute atomic E-state index is 0.247. The van der Waals surface area contributed by atoms with Crippen LogP contribution in [-0.4, -0.2) is 47.8 Å². The Hall–Kier alpha value is -3.13. The number of rotatable bonds is 5. The first-order valence-electron chi connectivity index (χ1n) is 9.55. The average molecular weight is 430 g/mol. The lowest BCUT2D eigenvalue weighted by Gasteiger charge is -2.36. The van der Waals surface area contributed by atoms with Crippen LogP contribution in [0.15, 0.2) is 53.6 Å². The third-order valence-corrected chi connectivity index (χ3v) is 5.39. The highest BCUT2D eigenvalue weighted by Crippen LogP contribution is 2.25. The van der Waals surface area contributed by atoms with Gasteiger partial charge in [0.15, 0.2) is 0 Å². The molecule has 0 aliphatic carbocycles. The van der Waals surface area contributed by atoms with Gasteiger partial charge in [-0.2, -0.15) is 4.98 Å². The molecular formula is C21H21ClFN5O2. The van der Waals surface area contributed by atoms with Gasteiger partial charge < -0.3 is 14.5 Å². The number of hydrogen-bond donors (Lipinski definition) is 0. The summed E-state index contributed by atoms with van der Waals surface area (Å²) in [4.78, 5) is 25.2. The zero-order valence-corrected chi connectivity index (χ0v) is 17.2. The Kier molecular flexibility index (Phi) is 5.85. The first-order chi connectivity index (χ1) is 14.5. The van der Waals surface area contributed by atoms with Crippen LogP contribution in [-0.2, 0) is 6.54 Å². The highest BCUT2D eigenvalue weighted by molar-refractivity contribution is 6.32. The molecule has 0 radical (unpaired) electrons. The van der Waals surface area contributed by atoms with Crippen molar-refractivity contribution in [1.82, 2.24) is 14.5 Å². The van der Waals surface area contributed by atoms with Crippen molar-refractivity contribution >= 4 is 23.2 Å². The molecule has 0 N–H and O–H groups in total. The summed E-state index contributed by atoms with van der Waals surface area (Å²) >= 11 is 6.05. The topological polar surface area (TPSA) is 63.5 Å². The van der Waals surface area contributed by atoms with Gasteiger partial charge in [-0.1, -0.05) is 17.7 Å². The lowest BCUT2D eigenvalue weighted by Crippen LogP contribution is -2.47. The van der Waals surface area contributed by atoms with Crippen molar-refractivity contribution in [3.05, 3.63) is 75.7 Å². The van der Waals surface area contributed by atoms with Gasteiger partial charge in [0.25, 0.3) is 0 Å². The highest BCUT2D eigenvalue weighted by atomic mass is 35.5. The van der Waals surface area contributed by atoms with Crippen LogP contribution in [0.5, 0.6) is 5.75 Å². The molecule has 1 aliphatic heterocycles. The zero-order chi connectivity index (χ0) is 21.1. The number of hydrogen-bond acceptors (Lipinski definition) is 6. The van der Waals surface area contributed by atoms with Crippen molar-refractivity contribution in [3.8, 4) is 5.75 Å². The van der Waals surface area contributed by atoms with E-state index in [9.17, 15) is 9.18 Å². The van der Waals surface area contributed by atoms with Crippen LogP contribution < -0.4 is 20.2 Å². The van der Waals surface area contributed by atoms with Crippen molar-refractivity contribution < 1.29 is 9.13 Å². The van der Waals surface area contributed by atoms with Gasteiger partial charge in [-0.15, -0.1) is 0 Å². The molecule has 1 aliphatic rings. The number of methoxy groups -OCH3 is 1. The lowest BCUT2D eigenvalue weighted by molar-refractivity contribution is 0.414. The molecule has 7 nitrogen and oxygen atoms in total. The summed E-state index contributed by atoms with van der Waals surface area (Å²) in [5.74, 6) is 0.728. The zero-order valence-electron chi connectivity index (χ0n) is 16.5. The fourth-order valence-electron chi connectivity index (χ4n) is 3.43. The van der Waals surface area contributed by atoms with Gasteiger partial charge in [0.2, 0.25) is 5.95 Å². The Balaban J connectivity index is 1.42. The molecule has 9 heteroatoms. The molecule has 0 spiro atoms. The van der Waals surface area contributed by atoms with Crippen LogP contribution in [0.4, 0.5) is 16.0 Å². The summed E-state index contributed by atoms with van der Waals surface area (Å²) < 4.78 is 19.8. The molecule has 0 amide bonds. The van der Waals surface area contributed by atoms with Gasteiger partial charge >= 0.3 is 5.69 Å². The molecule has 4 rings (SSSR count). The Labute approximate surface area is 178 Å². The number of aromatic nitrogens is 3. The van der Waals surface area contributed by atoms with E-state index in [0.717, 1.165) is 24.3 Å². The summed E-state index contributed by atoms with van der Waals surface area (Å²) in [5, 5.41) is 0.514. The monoisotopic (exact) mass is 429 g/mol. The predicted molar refractivity (Wildman–Crippen MR) is 114 cm³/mol. The number of piperazine rings is 1. The predicted octanol–water partition coefficient (Wildman–Crippen LogP) is 2.81. The fraction of sp³-hybridized carbons (Fsp3) is 0.286. The second-order valence-corrected chi connectivity index (χ2v) is 7.39. The number of ether oxygens (including phenoxy) is 1. The molecule has 0 bridgehead atoms. The van der Waals surface area contributed by atoms with Crippen LogP contribution in [0.2, 0.25) is 5.02 Å².